The predicted octanol–water partition coefficient (Wildman–Crippen LogP) is 4.75. The average molecular weight is 527 g/mol. The van der Waals surface area contributed by atoms with E-state index >= 15 is 0 Å². The number of rotatable bonds is 15. The zero-order valence-corrected chi connectivity index (χ0v) is 24.3. The van der Waals surface area contributed by atoms with Gasteiger partial charge < -0.3 is 36.0 Å². The van der Waals surface area contributed by atoms with E-state index in [4.69, 9.17) is 36.0 Å². The predicted molar refractivity (Wildman–Crippen MR) is 140 cm³/mol. The third-order valence-electron chi connectivity index (χ3n) is 5.21. The summed E-state index contributed by atoms with van der Waals surface area (Å²) in [6.45, 7) is 7.45. The van der Waals surface area contributed by atoms with Gasteiger partial charge in [0.1, 0.15) is 0 Å². The van der Waals surface area contributed by atoms with Gasteiger partial charge >= 0.3 is 17.6 Å². The quantitative estimate of drug-likeness (QED) is 0.308. The number of hydrogen-bond acceptors (Lipinski definition) is 8. The fraction of sp³-hybridized carbons (Fsp3) is 0.520. The standard InChI is InChI=1S/C14H24O4Si.C11H18O4Si/c1-5-16-19(17-6-2,18-7-3)14(15-4)13-11-9-8-10-12-13;1-12-11(10-8-6-5-7-9-10)16(13-2,14-3)15-4/h8-12,14H,5-7H2,1-4H3;5-9,11H,1-4H3. The molecule has 0 amide bonds. The molecule has 0 aromatic heterocycles. The van der Waals surface area contributed by atoms with Gasteiger partial charge in [-0.3, -0.25) is 0 Å². The smallest absolute Gasteiger partial charge is 0.375 e. The minimum absolute atomic E-state index is 0.298. The molecule has 0 aliphatic rings. The van der Waals surface area contributed by atoms with E-state index in [9.17, 15) is 0 Å². The van der Waals surface area contributed by atoms with Gasteiger partial charge in [0.2, 0.25) is 0 Å². The van der Waals surface area contributed by atoms with Crippen molar-refractivity contribution in [3.05, 3.63) is 71.8 Å². The van der Waals surface area contributed by atoms with Crippen molar-refractivity contribution in [2.24, 2.45) is 0 Å². The Morgan fingerprint density at radius 3 is 1.09 bits per heavy atom. The van der Waals surface area contributed by atoms with Crippen LogP contribution in [-0.2, 0) is 36.0 Å². The van der Waals surface area contributed by atoms with Crippen LogP contribution in [-0.4, -0.2) is 73.0 Å². The van der Waals surface area contributed by atoms with Gasteiger partial charge in [0, 0.05) is 55.4 Å². The fourth-order valence-corrected chi connectivity index (χ4v) is 8.58. The van der Waals surface area contributed by atoms with Crippen molar-refractivity contribution < 1.29 is 36.0 Å². The monoisotopic (exact) mass is 526 g/mol. The number of ether oxygens (including phenoxy) is 2. The van der Waals surface area contributed by atoms with Crippen molar-refractivity contribution in [1.82, 2.24) is 0 Å². The highest BCUT2D eigenvalue weighted by molar-refractivity contribution is 6.62. The van der Waals surface area contributed by atoms with Crippen molar-refractivity contribution in [3.8, 4) is 0 Å². The average Bonchev–Trinajstić information content (AvgIpc) is 2.90. The van der Waals surface area contributed by atoms with E-state index in [1.165, 1.54) is 0 Å². The van der Waals surface area contributed by atoms with Crippen LogP contribution < -0.4 is 0 Å². The van der Waals surface area contributed by atoms with E-state index in [2.05, 4.69) is 0 Å². The molecule has 0 fully saturated rings. The maximum atomic E-state index is 5.89. The summed E-state index contributed by atoms with van der Waals surface area (Å²) < 4.78 is 45.0. The first-order valence-corrected chi connectivity index (χ1v) is 15.3. The van der Waals surface area contributed by atoms with E-state index in [1.54, 1.807) is 35.5 Å². The van der Waals surface area contributed by atoms with E-state index in [0.29, 0.717) is 19.8 Å². The summed E-state index contributed by atoms with van der Waals surface area (Å²) in [5, 5.41) is 0. The largest absolute Gasteiger partial charge is 0.536 e. The number of hydrogen-bond donors (Lipinski definition) is 0. The molecule has 2 atom stereocenters. The molecular formula is C25H42O8Si2. The lowest BCUT2D eigenvalue weighted by Gasteiger charge is -2.34. The van der Waals surface area contributed by atoms with Crippen molar-refractivity contribution in [2.75, 3.05) is 55.4 Å². The van der Waals surface area contributed by atoms with Crippen LogP contribution in [0.4, 0.5) is 0 Å². The summed E-state index contributed by atoms with van der Waals surface area (Å²) in [6, 6.07) is 19.7. The van der Waals surface area contributed by atoms with E-state index in [1.807, 2.05) is 81.4 Å². The van der Waals surface area contributed by atoms with Crippen LogP contribution in [0.15, 0.2) is 60.7 Å². The molecule has 0 heterocycles. The van der Waals surface area contributed by atoms with Crippen LogP contribution in [0.25, 0.3) is 0 Å². The summed E-state index contributed by atoms with van der Waals surface area (Å²) in [7, 11) is 2.32. The second-order valence-electron chi connectivity index (χ2n) is 7.17. The molecule has 2 rings (SSSR count). The molecule has 0 aliphatic carbocycles. The van der Waals surface area contributed by atoms with E-state index in [-0.39, 0.29) is 11.5 Å². The molecule has 0 saturated heterocycles. The van der Waals surface area contributed by atoms with Crippen LogP contribution in [0.2, 0.25) is 0 Å². The number of benzene rings is 2. The molecule has 0 radical (unpaired) electrons. The van der Waals surface area contributed by atoms with Crippen molar-refractivity contribution in [2.45, 2.75) is 32.2 Å². The minimum Gasteiger partial charge on any atom is -0.375 e. The normalized spacial score (nSPS) is 13.6. The van der Waals surface area contributed by atoms with Gasteiger partial charge in [0.15, 0.2) is 11.5 Å². The lowest BCUT2D eigenvalue weighted by molar-refractivity contribution is 0.00570. The van der Waals surface area contributed by atoms with Gasteiger partial charge in [-0.1, -0.05) is 60.7 Å². The second kappa shape index (κ2) is 17.1. The molecule has 10 heteroatoms. The van der Waals surface area contributed by atoms with Crippen molar-refractivity contribution >= 4 is 17.6 Å². The van der Waals surface area contributed by atoms with Crippen molar-refractivity contribution in [1.29, 1.82) is 0 Å². The van der Waals surface area contributed by atoms with E-state index < -0.39 is 17.6 Å². The highest BCUT2D eigenvalue weighted by Crippen LogP contribution is 2.31. The Hall–Kier alpha value is -1.45. The van der Waals surface area contributed by atoms with Gasteiger partial charge in [0.25, 0.3) is 0 Å². The Labute approximate surface area is 213 Å². The van der Waals surface area contributed by atoms with Gasteiger partial charge in [-0.2, -0.15) is 0 Å². The van der Waals surface area contributed by atoms with Crippen LogP contribution in [0.1, 0.15) is 43.4 Å². The maximum absolute atomic E-state index is 5.89. The zero-order valence-electron chi connectivity index (χ0n) is 22.3. The fourth-order valence-electron chi connectivity index (χ4n) is 3.75. The summed E-state index contributed by atoms with van der Waals surface area (Å²) in [6.07, 6.45) is 0. The third-order valence-corrected chi connectivity index (χ3v) is 11.4. The Kier molecular flexibility index (Phi) is 15.4. The summed E-state index contributed by atoms with van der Waals surface area (Å²) in [5.74, 6) is 0. The summed E-state index contributed by atoms with van der Waals surface area (Å²) in [5.41, 5.74) is 1.40. The second-order valence-corrected chi connectivity index (χ2v) is 12.7. The zero-order chi connectivity index (χ0) is 26.2. The molecule has 2 unspecified atom stereocenters. The first kappa shape index (κ1) is 31.6. The highest BCUT2D eigenvalue weighted by atomic mass is 28.4. The summed E-state index contributed by atoms with van der Waals surface area (Å²) >= 11 is 0. The molecule has 2 aromatic carbocycles. The molecule has 198 valence electrons. The first-order chi connectivity index (χ1) is 17.0. The topological polar surface area (TPSA) is 73.8 Å². The lowest BCUT2D eigenvalue weighted by Crippen LogP contribution is -2.52. The molecule has 8 nitrogen and oxygen atoms in total. The van der Waals surface area contributed by atoms with Crippen LogP contribution in [0, 0.1) is 0 Å². The summed E-state index contributed by atoms with van der Waals surface area (Å²) in [4.78, 5) is 0. The van der Waals surface area contributed by atoms with Crippen LogP contribution >= 0.6 is 0 Å². The molecule has 0 spiro atoms. The lowest BCUT2D eigenvalue weighted by atomic mass is 10.2. The third kappa shape index (κ3) is 8.57. The molecule has 35 heavy (non-hydrogen) atoms. The van der Waals surface area contributed by atoms with Gasteiger partial charge in [-0.25, -0.2) is 0 Å². The van der Waals surface area contributed by atoms with Gasteiger partial charge in [-0.05, 0) is 31.9 Å². The molecule has 0 aliphatic heterocycles. The Balaban J connectivity index is 0.000000355. The maximum Gasteiger partial charge on any atom is 0.536 e. The Bertz CT molecular complexity index is 752. The molecular weight excluding hydrogens is 484 g/mol. The van der Waals surface area contributed by atoms with Gasteiger partial charge in [-0.15, -0.1) is 0 Å². The van der Waals surface area contributed by atoms with Crippen molar-refractivity contribution in [3.63, 3.8) is 0 Å². The van der Waals surface area contributed by atoms with Crippen LogP contribution in [0.5, 0.6) is 0 Å². The molecule has 0 bridgehead atoms. The minimum atomic E-state index is -2.89. The Morgan fingerprint density at radius 1 is 0.514 bits per heavy atom. The highest BCUT2D eigenvalue weighted by Gasteiger charge is 2.51. The molecule has 0 saturated carbocycles. The first-order valence-electron chi connectivity index (χ1n) is 11.7. The molecule has 2 aromatic rings. The number of methoxy groups -OCH3 is 2. The molecule has 0 N–H and O–H groups in total. The SMILES string of the molecule is CCO[Si](OCC)(OCC)C(OC)c1ccccc1.COC(c1ccccc1)[Si](OC)(OC)OC. The van der Waals surface area contributed by atoms with E-state index in [0.717, 1.165) is 11.1 Å². The Morgan fingerprint density at radius 2 is 0.829 bits per heavy atom. The van der Waals surface area contributed by atoms with Crippen LogP contribution in [0.3, 0.4) is 0 Å². The van der Waals surface area contributed by atoms with Gasteiger partial charge in [0.05, 0.1) is 0 Å².